The highest BCUT2D eigenvalue weighted by atomic mass is 19.4. The summed E-state index contributed by atoms with van der Waals surface area (Å²) in [6.07, 6.45) is -0.695. The molecule has 7 nitrogen and oxygen atoms in total. The second-order valence-corrected chi connectivity index (χ2v) is 8.60. The van der Waals surface area contributed by atoms with Gasteiger partial charge >= 0.3 is 6.18 Å². The Morgan fingerprint density at radius 1 is 1.18 bits per heavy atom. The summed E-state index contributed by atoms with van der Waals surface area (Å²) in [5, 5.41) is 3.92. The van der Waals surface area contributed by atoms with E-state index in [0.29, 0.717) is 78.3 Å². The molecule has 1 atom stereocenters. The molecular formula is C24H24F3N5O2. The molecule has 10 heteroatoms. The van der Waals surface area contributed by atoms with Crippen LogP contribution in [0.5, 0.6) is 0 Å². The largest absolute Gasteiger partial charge is 0.416 e. The van der Waals surface area contributed by atoms with Crippen LogP contribution < -0.4 is 10.2 Å². The molecule has 1 saturated heterocycles. The molecule has 1 fully saturated rings. The number of carbonyl (C=O) groups is 1. The third-order valence-electron chi connectivity index (χ3n) is 6.30. The van der Waals surface area contributed by atoms with Gasteiger partial charge in [-0.15, -0.1) is 0 Å². The number of hydrogen-bond donors (Lipinski definition) is 1. The van der Waals surface area contributed by atoms with Crippen LogP contribution in [0.2, 0.25) is 0 Å². The van der Waals surface area contributed by atoms with Gasteiger partial charge in [0.2, 0.25) is 0 Å². The molecule has 3 aromatic rings. The van der Waals surface area contributed by atoms with Gasteiger partial charge in [0.1, 0.15) is 18.2 Å². The van der Waals surface area contributed by atoms with E-state index >= 15 is 0 Å². The molecule has 0 unspecified atom stereocenters. The Bertz CT molecular complexity index is 1250. The van der Waals surface area contributed by atoms with Crippen molar-refractivity contribution in [2.24, 2.45) is 0 Å². The molecule has 1 amide bonds. The Morgan fingerprint density at radius 3 is 2.79 bits per heavy atom. The van der Waals surface area contributed by atoms with Crippen LogP contribution in [0.4, 0.5) is 24.7 Å². The maximum atomic E-state index is 13.8. The number of pyridine rings is 1. The summed E-state index contributed by atoms with van der Waals surface area (Å²) in [4.78, 5) is 27.7. The standard InChI is InChI=1S/C24H24F3N5O2/c1-14-16-6-4-7-19(24(25,26)27)17(16)5-2-3-8-20-30-22-18(23(29-14)31-20)11-15(12-28-22)32-9-10-34-13-21(32)33/h4,6-7,11-12,14H,2-3,5,8-10,13H2,1H3,(H,28,29,30,31)/t14-/m1/s1. The van der Waals surface area contributed by atoms with E-state index in [1.807, 2.05) is 6.92 Å². The number of nitrogens with zero attached hydrogens (tertiary/aromatic N) is 4. The number of aryl methyl sites for hydroxylation is 1. The zero-order chi connectivity index (χ0) is 23.9. The minimum atomic E-state index is -4.42. The number of rotatable bonds is 1. The maximum Gasteiger partial charge on any atom is 0.416 e. The molecule has 0 saturated carbocycles. The van der Waals surface area contributed by atoms with E-state index in [1.165, 1.54) is 6.07 Å². The number of fused-ring (bicyclic) bond motifs is 5. The fourth-order valence-corrected chi connectivity index (χ4v) is 4.63. The van der Waals surface area contributed by atoms with Crippen molar-refractivity contribution < 1.29 is 22.7 Å². The maximum absolute atomic E-state index is 13.8. The Labute approximate surface area is 194 Å². The highest BCUT2D eigenvalue weighted by Crippen LogP contribution is 2.37. The third kappa shape index (κ3) is 4.29. The van der Waals surface area contributed by atoms with Crippen LogP contribution in [0.25, 0.3) is 11.0 Å². The summed E-state index contributed by atoms with van der Waals surface area (Å²) < 4.78 is 46.5. The molecule has 2 aliphatic heterocycles. The van der Waals surface area contributed by atoms with Gasteiger partial charge in [-0.25, -0.2) is 15.0 Å². The molecule has 2 aliphatic rings. The van der Waals surface area contributed by atoms with Gasteiger partial charge in [-0.1, -0.05) is 12.1 Å². The lowest BCUT2D eigenvalue weighted by atomic mass is 9.92. The van der Waals surface area contributed by atoms with E-state index in [0.717, 1.165) is 6.07 Å². The van der Waals surface area contributed by atoms with Crippen molar-refractivity contribution in [1.82, 2.24) is 15.0 Å². The Hall–Kier alpha value is -3.27. The first-order chi connectivity index (χ1) is 16.3. The molecule has 34 heavy (non-hydrogen) atoms. The van der Waals surface area contributed by atoms with Crippen LogP contribution in [-0.2, 0) is 28.5 Å². The first-order valence-corrected chi connectivity index (χ1v) is 11.3. The minimum absolute atomic E-state index is 0.00788. The highest BCUT2D eigenvalue weighted by molar-refractivity contribution is 5.97. The molecule has 2 bridgehead atoms. The number of carbonyl (C=O) groups excluding carboxylic acids is 1. The summed E-state index contributed by atoms with van der Waals surface area (Å²) in [7, 11) is 0. The molecule has 5 rings (SSSR count). The third-order valence-corrected chi connectivity index (χ3v) is 6.30. The van der Waals surface area contributed by atoms with Crippen LogP contribution in [0.15, 0.2) is 30.5 Å². The number of amides is 1. The summed E-state index contributed by atoms with van der Waals surface area (Å²) in [6, 6.07) is 5.70. The number of alkyl halides is 3. The molecule has 0 aliphatic carbocycles. The Kier molecular flexibility index (Phi) is 5.85. The van der Waals surface area contributed by atoms with E-state index in [4.69, 9.17) is 9.72 Å². The average molecular weight is 471 g/mol. The van der Waals surface area contributed by atoms with Crippen molar-refractivity contribution >= 4 is 28.4 Å². The fraction of sp³-hybridized carbons (Fsp3) is 0.417. The summed E-state index contributed by atoms with van der Waals surface area (Å²) >= 11 is 0. The Balaban J connectivity index is 1.60. The molecule has 4 heterocycles. The molecule has 2 aromatic heterocycles. The SMILES string of the molecule is C[C@H]1Nc2nc(nc3ncc(N4CCOCC4=O)cc23)CCCCc2c1cccc2C(F)(F)F. The second-order valence-electron chi connectivity index (χ2n) is 8.60. The topological polar surface area (TPSA) is 80.2 Å². The summed E-state index contributed by atoms with van der Waals surface area (Å²) in [6.45, 7) is 2.68. The van der Waals surface area contributed by atoms with Gasteiger partial charge in [0.05, 0.1) is 35.5 Å². The normalized spacial score (nSPS) is 19.4. The van der Waals surface area contributed by atoms with Gasteiger partial charge in [0, 0.05) is 13.0 Å². The Morgan fingerprint density at radius 2 is 2.00 bits per heavy atom. The number of aromatic nitrogens is 3. The predicted octanol–water partition coefficient (Wildman–Crippen LogP) is 4.46. The lowest BCUT2D eigenvalue weighted by Crippen LogP contribution is -2.41. The highest BCUT2D eigenvalue weighted by Gasteiger charge is 2.34. The zero-order valence-electron chi connectivity index (χ0n) is 18.7. The van der Waals surface area contributed by atoms with E-state index < -0.39 is 17.8 Å². The molecule has 1 N–H and O–H groups in total. The fourth-order valence-electron chi connectivity index (χ4n) is 4.63. The smallest absolute Gasteiger partial charge is 0.370 e. The van der Waals surface area contributed by atoms with Crippen molar-refractivity contribution in [3.63, 3.8) is 0 Å². The van der Waals surface area contributed by atoms with Crippen molar-refractivity contribution in [1.29, 1.82) is 0 Å². The number of anilines is 2. The van der Waals surface area contributed by atoms with E-state index in [-0.39, 0.29) is 12.5 Å². The average Bonchev–Trinajstić information content (AvgIpc) is 2.83. The number of benzene rings is 1. The van der Waals surface area contributed by atoms with Crippen LogP contribution in [0.1, 0.15) is 48.3 Å². The van der Waals surface area contributed by atoms with Crippen LogP contribution >= 0.6 is 0 Å². The number of hydrogen-bond acceptors (Lipinski definition) is 6. The molecule has 0 spiro atoms. The quantitative estimate of drug-likeness (QED) is 0.565. The first kappa shape index (κ1) is 22.5. The van der Waals surface area contributed by atoms with Crippen molar-refractivity contribution in [3.8, 4) is 0 Å². The molecule has 0 radical (unpaired) electrons. The van der Waals surface area contributed by atoms with Crippen molar-refractivity contribution in [2.45, 2.75) is 44.8 Å². The lowest BCUT2D eigenvalue weighted by molar-refractivity contribution is -0.138. The molecular weight excluding hydrogens is 447 g/mol. The lowest BCUT2D eigenvalue weighted by Gasteiger charge is -2.27. The summed E-state index contributed by atoms with van der Waals surface area (Å²) in [5.74, 6) is 0.923. The molecule has 178 valence electrons. The minimum Gasteiger partial charge on any atom is -0.370 e. The van der Waals surface area contributed by atoms with E-state index in [1.54, 1.807) is 23.2 Å². The second kappa shape index (κ2) is 8.83. The van der Waals surface area contributed by atoms with Crippen LogP contribution in [-0.4, -0.2) is 40.6 Å². The molecule has 1 aromatic carbocycles. The monoisotopic (exact) mass is 471 g/mol. The van der Waals surface area contributed by atoms with E-state index in [2.05, 4.69) is 15.3 Å². The van der Waals surface area contributed by atoms with Crippen LogP contribution in [0.3, 0.4) is 0 Å². The number of halogens is 3. The number of ether oxygens (including phenoxy) is 1. The van der Waals surface area contributed by atoms with Gasteiger partial charge in [0.15, 0.2) is 5.65 Å². The van der Waals surface area contributed by atoms with Gasteiger partial charge in [-0.3, -0.25) is 4.79 Å². The number of morpholine rings is 1. The van der Waals surface area contributed by atoms with Gasteiger partial charge in [-0.2, -0.15) is 13.2 Å². The first-order valence-electron chi connectivity index (χ1n) is 11.3. The number of nitrogens with one attached hydrogen (secondary N) is 1. The van der Waals surface area contributed by atoms with Gasteiger partial charge in [0.25, 0.3) is 5.91 Å². The van der Waals surface area contributed by atoms with Crippen molar-refractivity contribution in [3.05, 3.63) is 53.0 Å². The predicted molar refractivity (Wildman–Crippen MR) is 121 cm³/mol. The summed E-state index contributed by atoms with van der Waals surface area (Å²) in [5.41, 5.74) is 1.41. The zero-order valence-corrected chi connectivity index (χ0v) is 18.7. The van der Waals surface area contributed by atoms with Gasteiger partial charge in [-0.05, 0) is 49.4 Å². The van der Waals surface area contributed by atoms with E-state index in [9.17, 15) is 18.0 Å². The van der Waals surface area contributed by atoms with Crippen molar-refractivity contribution in [2.75, 3.05) is 30.0 Å². The van der Waals surface area contributed by atoms with Crippen LogP contribution in [0, 0.1) is 0 Å². The van der Waals surface area contributed by atoms with Gasteiger partial charge < -0.3 is 15.0 Å².